The van der Waals surface area contributed by atoms with E-state index in [1.165, 1.54) is 23.9 Å². The van der Waals surface area contributed by atoms with Crippen LogP contribution in [0, 0.1) is 0 Å². The van der Waals surface area contributed by atoms with Crippen molar-refractivity contribution < 1.29 is 0 Å². The molecule has 3 nitrogen and oxygen atoms in total. The van der Waals surface area contributed by atoms with Crippen LogP contribution in [0.5, 0.6) is 0 Å². The molecule has 2 aromatic rings. The molecule has 0 spiro atoms. The maximum atomic E-state index is 4.70. The Bertz CT molecular complexity index is 510. The fourth-order valence-corrected chi connectivity index (χ4v) is 2.87. The van der Waals surface area contributed by atoms with Crippen molar-refractivity contribution in [3.8, 4) is 0 Å². The van der Waals surface area contributed by atoms with Gasteiger partial charge in [0, 0.05) is 23.5 Å². The summed E-state index contributed by atoms with van der Waals surface area (Å²) in [7, 11) is 0. The standard InChI is InChI=1S/C14H19N3.C2H6/c1-2-17-14(11-7-9-15-10-8-11)12-5-3-4-6-13(12)16-17;1-2/h3-6,11,15H,2,7-10H2,1H3;1-2H3. The molecule has 0 atom stereocenters. The van der Waals surface area contributed by atoms with Crippen molar-refractivity contribution >= 4 is 10.9 Å². The average molecular weight is 259 g/mol. The summed E-state index contributed by atoms with van der Waals surface area (Å²) in [5.74, 6) is 0.670. The first kappa shape index (κ1) is 14.1. The molecule has 1 aromatic heterocycles. The number of hydrogen-bond acceptors (Lipinski definition) is 2. The summed E-state index contributed by atoms with van der Waals surface area (Å²) in [5, 5.41) is 9.48. The fraction of sp³-hybridized carbons (Fsp3) is 0.562. The second-order valence-corrected chi connectivity index (χ2v) is 4.74. The van der Waals surface area contributed by atoms with Gasteiger partial charge in [-0.25, -0.2) is 0 Å². The van der Waals surface area contributed by atoms with Gasteiger partial charge in [-0.05, 0) is 38.9 Å². The zero-order valence-electron chi connectivity index (χ0n) is 12.3. The summed E-state index contributed by atoms with van der Waals surface area (Å²) in [4.78, 5) is 0. The van der Waals surface area contributed by atoms with Gasteiger partial charge in [0.15, 0.2) is 0 Å². The van der Waals surface area contributed by atoms with Crippen LogP contribution >= 0.6 is 0 Å². The van der Waals surface area contributed by atoms with E-state index in [9.17, 15) is 0 Å². The minimum absolute atomic E-state index is 0.670. The van der Waals surface area contributed by atoms with E-state index in [1.54, 1.807) is 0 Å². The second-order valence-electron chi connectivity index (χ2n) is 4.74. The van der Waals surface area contributed by atoms with E-state index in [-0.39, 0.29) is 0 Å². The highest BCUT2D eigenvalue weighted by molar-refractivity contribution is 5.82. The number of fused-ring (bicyclic) bond motifs is 1. The van der Waals surface area contributed by atoms with Gasteiger partial charge in [-0.1, -0.05) is 32.0 Å². The molecule has 3 rings (SSSR count). The number of aromatic nitrogens is 2. The van der Waals surface area contributed by atoms with Gasteiger partial charge in [-0.2, -0.15) is 5.10 Å². The molecule has 1 aliphatic rings. The molecule has 0 radical (unpaired) electrons. The molecule has 0 amide bonds. The lowest BCUT2D eigenvalue weighted by molar-refractivity contribution is 0.435. The molecule has 1 N–H and O–H groups in total. The van der Waals surface area contributed by atoms with E-state index in [1.807, 2.05) is 13.8 Å². The molecule has 1 fully saturated rings. The van der Waals surface area contributed by atoms with Gasteiger partial charge in [0.2, 0.25) is 0 Å². The predicted molar refractivity (Wildman–Crippen MR) is 81.6 cm³/mol. The zero-order chi connectivity index (χ0) is 13.7. The van der Waals surface area contributed by atoms with Crippen LogP contribution in [-0.2, 0) is 6.54 Å². The maximum absolute atomic E-state index is 4.70. The number of piperidine rings is 1. The summed E-state index contributed by atoms with van der Waals surface area (Å²) in [5.41, 5.74) is 2.59. The third-order valence-electron chi connectivity index (χ3n) is 3.71. The summed E-state index contributed by atoms with van der Waals surface area (Å²) in [6.45, 7) is 9.41. The lowest BCUT2D eigenvalue weighted by Crippen LogP contribution is -2.27. The fourth-order valence-electron chi connectivity index (χ4n) is 2.87. The lowest BCUT2D eigenvalue weighted by Gasteiger charge is -2.23. The third kappa shape index (κ3) is 2.81. The molecule has 0 bridgehead atoms. The maximum Gasteiger partial charge on any atom is 0.0926 e. The van der Waals surface area contributed by atoms with Crippen molar-refractivity contribution in [3.63, 3.8) is 0 Å². The number of benzene rings is 1. The molecule has 104 valence electrons. The number of nitrogens with one attached hydrogen (secondary N) is 1. The van der Waals surface area contributed by atoms with Crippen molar-refractivity contribution in [1.82, 2.24) is 15.1 Å². The van der Waals surface area contributed by atoms with Crippen molar-refractivity contribution in [1.29, 1.82) is 0 Å². The first-order chi connectivity index (χ1) is 9.40. The lowest BCUT2D eigenvalue weighted by atomic mass is 9.92. The van der Waals surface area contributed by atoms with Gasteiger partial charge in [-0.15, -0.1) is 0 Å². The van der Waals surface area contributed by atoms with Crippen LogP contribution in [0.4, 0.5) is 0 Å². The van der Waals surface area contributed by atoms with Gasteiger partial charge in [0.05, 0.1) is 5.52 Å². The van der Waals surface area contributed by atoms with Crippen LogP contribution in [-0.4, -0.2) is 22.9 Å². The molecule has 0 saturated carbocycles. The van der Waals surface area contributed by atoms with Crippen LogP contribution in [0.1, 0.15) is 45.2 Å². The largest absolute Gasteiger partial charge is 0.317 e. The molecule has 2 heterocycles. The van der Waals surface area contributed by atoms with Crippen LogP contribution < -0.4 is 5.32 Å². The molecule has 1 saturated heterocycles. The van der Waals surface area contributed by atoms with E-state index >= 15 is 0 Å². The summed E-state index contributed by atoms with van der Waals surface area (Å²) in [6.07, 6.45) is 2.46. The Labute approximate surface area is 116 Å². The van der Waals surface area contributed by atoms with Crippen molar-refractivity contribution in [3.05, 3.63) is 30.0 Å². The number of hydrogen-bond donors (Lipinski definition) is 1. The highest BCUT2D eigenvalue weighted by Gasteiger charge is 2.21. The normalized spacial score (nSPS) is 16.2. The van der Waals surface area contributed by atoms with E-state index in [4.69, 9.17) is 5.10 Å². The van der Waals surface area contributed by atoms with Crippen LogP contribution in [0.2, 0.25) is 0 Å². The van der Waals surface area contributed by atoms with E-state index < -0.39 is 0 Å². The quantitative estimate of drug-likeness (QED) is 0.894. The number of aryl methyl sites for hydroxylation is 1. The van der Waals surface area contributed by atoms with E-state index in [2.05, 4.69) is 41.2 Å². The molecule has 0 aliphatic carbocycles. The van der Waals surface area contributed by atoms with Crippen molar-refractivity contribution in [2.75, 3.05) is 13.1 Å². The summed E-state index contributed by atoms with van der Waals surface area (Å²) in [6, 6.07) is 8.52. The number of nitrogens with zero attached hydrogens (tertiary/aromatic N) is 2. The summed E-state index contributed by atoms with van der Waals surface area (Å²) >= 11 is 0. The molecular weight excluding hydrogens is 234 g/mol. The van der Waals surface area contributed by atoms with Gasteiger partial charge in [-0.3, -0.25) is 4.68 Å². The van der Waals surface area contributed by atoms with Crippen molar-refractivity contribution in [2.24, 2.45) is 0 Å². The Morgan fingerprint density at radius 1 is 1.21 bits per heavy atom. The van der Waals surface area contributed by atoms with Gasteiger partial charge in [0.25, 0.3) is 0 Å². The minimum Gasteiger partial charge on any atom is -0.317 e. The summed E-state index contributed by atoms with van der Waals surface area (Å²) < 4.78 is 2.20. The first-order valence-corrected chi connectivity index (χ1v) is 7.56. The zero-order valence-corrected chi connectivity index (χ0v) is 12.3. The Hall–Kier alpha value is -1.35. The third-order valence-corrected chi connectivity index (χ3v) is 3.71. The van der Waals surface area contributed by atoms with Crippen LogP contribution in [0.3, 0.4) is 0 Å². The highest BCUT2D eigenvalue weighted by Crippen LogP contribution is 2.31. The van der Waals surface area contributed by atoms with Gasteiger partial charge < -0.3 is 5.32 Å². The van der Waals surface area contributed by atoms with Gasteiger partial charge >= 0.3 is 0 Å². The Morgan fingerprint density at radius 3 is 2.58 bits per heavy atom. The van der Waals surface area contributed by atoms with E-state index in [0.717, 1.165) is 25.2 Å². The van der Waals surface area contributed by atoms with Crippen LogP contribution in [0.15, 0.2) is 24.3 Å². The molecular formula is C16H25N3. The highest BCUT2D eigenvalue weighted by atomic mass is 15.3. The SMILES string of the molecule is CC.CCn1nc2ccccc2c1C1CCNCC1. The van der Waals surface area contributed by atoms with Crippen LogP contribution in [0.25, 0.3) is 10.9 Å². The average Bonchev–Trinajstić information content (AvgIpc) is 2.88. The minimum atomic E-state index is 0.670. The Kier molecular flexibility index (Phi) is 4.97. The molecule has 0 unspecified atom stereocenters. The molecule has 3 heteroatoms. The van der Waals surface area contributed by atoms with Crippen molar-refractivity contribution in [2.45, 2.75) is 46.1 Å². The van der Waals surface area contributed by atoms with Gasteiger partial charge in [0.1, 0.15) is 0 Å². The molecule has 1 aromatic carbocycles. The topological polar surface area (TPSA) is 29.9 Å². The smallest absolute Gasteiger partial charge is 0.0926 e. The first-order valence-electron chi connectivity index (χ1n) is 7.56. The molecule has 1 aliphatic heterocycles. The van der Waals surface area contributed by atoms with E-state index in [0.29, 0.717) is 5.92 Å². The Balaban J connectivity index is 0.000000637. The monoisotopic (exact) mass is 259 g/mol. The Morgan fingerprint density at radius 2 is 1.89 bits per heavy atom. The predicted octanol–water partition coefficient (Wildman–Crippen LogP) is 3.55. The second kappa shape index (κ2) is 6.71. The number of rotatable bonds is 2. The molecule has 19 heavy (non-hydrogen) atoms.